The van der Waals surface area contributed by atoms with Crippen LogP contribution in [0.15, 0.2) is 11.6 Å². The third kappa shape index (κ3) is 7.88. The lowest BCUT2D eigenvalue weighted by Crippen LogP contribution is -2.68. The summed E-state index contributed by atoms with van der Waals surface area (Å²) in [5, 5.41) is 119. The number of fused-ring (bicyclic) bond motifs is 7. The zero-order chi connectivity index (χ0) is 49.3. The lowest BCUT2D eigenvalue weighted by molar-refractivity contribution is -0.395. The fourth-order valence-corrected chi connectivity index (χ4v) is 15.1. The van der Waals surface area contributed by atoms with Crippen molar-refractivity contribution in [2.45, 2.75) is 218 Å². The first-order chi connectivity index (χ1) is 31.1. The molecule has 0 aromatic carbocycles. The molecule has 8 rings (SSSR count). The second kappa shape index (κ2) is 17.7. The molecule has 19 nitrogen and oxygen atoms in total. The van der Waals surface area contributed by atoms with Crippen molar-refractivity contribution in [2.24, 2.45) is 50.2 Å². The smallest absolute Gasteiger partial charge is 0.335 e. The zero-order valence-corrected chi connectivity index (χ0v) is 39.9. The highest BCUT2D eigenvalue weighted by Gasteiger charge is 2.70. The van der Waals surface area contributed by atoms with Crippen molar-refractivity contribution in [3.05, 3.63) is 11.6 Å². The van der Waals surface area contributed by atoms with Crippen molar-refractivity contribution in [2.75, 3.05) is 6.61 Å². The number of carboxylic acid groups (broad SMARTS) is 2. The van der Waals surface area contributed by atoms with E-state index >= 15 is 0 Å². The molecule has 0 amide bonds. The Balaban J connectivity index is 1.06. The average Bonchev–Trinajstić information content (AvgIpc) is 3.25. The minimum Gasteiger partial charge on any atom is -0.481 e. The van der Waals surface area contributed by atoms with Gasteiger partial charge in [0.1, 0.15) is 61.0 Å². The predicted octanol–water partition coefficient (Wildman–Crippen LogP) is 0.797. The van der Waals surface area contributed by atoms with Gasteiger partial charge in [-0.1, -0.05) is 53.2 Å². The summed E-state index contributed by atoms with van der Waals surface area (Å²) in [7, 11) is 0. The van der Waals surface area contributed by atoms with Crippen LogP contribution in [0.5, 0.6) is 0 Å². The van der Waals surface area contributed by atoms with Gasteiger partial charge in [0.2, 0.25) is 0 Å². The van der Waals surface area contributed by atoms with Crippen molar-refractivity contribution in [3.63, 3.8) is 0 Å². The minimum absolute atomic E-state index is 0.0735. The first kappa shape index (κ1) is 51.4. The molecule has 7 fully saturated rings. The number of hydrogen-bond acceptors (Lipinski definition) is 17. The molecule has 67 heavy (non-hydrogen) atoms. The Hall–Kier alpha value is -1.92. The first-order valence-electron chi connectivity index (χ1n) is 24.3. The first-order valence-corrected chi connectivity index (χ1v) is 24.3. The van der Waals surface area contributed by atoms with E-state index in [2.05, 4.69) is 47.6 Å². The van der Waals surface area contributed by atoms with Crippen LogP contribution in [-0.4, -0.2) is 179 Å². The van der Waals surface area contributed by atoms with Crippen molar-refractivity contribution < 1.29 is 94.2 Å². The molecular formula is C48H76O19. The molecular weight excluding hydrogens is 881 g/mol. The molecule has 0 unspecified atom stereocenters. The molecule has 0 aromatic heterocycles. The third-order valence-electron chi connectivity index (χ3n) is 19.7. The van der Waals surface area contributed by atoms with Gasteiger partial charge in [-0.25, -0.2) is 4.79 Å². The Morgan fingerprint density at radius 3 is 1.91 bits per heavy atom. The minimum atomic E-state index is -2.05. The van der Waals surface area contributed by atoms with Gasteiger partial charge in [0.25, 0.3) is 0 Å². The van der Waals surface area contributed by atoms with Crippen LogP contribution in [0.3, 0.4) is 0 Å². The number of aliphatic carboxylic acids is 2. The zero-order valence-electron chi connectivity index (χ0n) is 39.9. The number of ether oxygens (including phenoxy) is 6. The summed E-state index contributed by atoms with van der Waals surface area (Å²) in [6.45, 7) is 15.8. The molecule has 4 saturated carbocycles. The van der Waals surface area contributed by atoms with E-state index in [4.69, 9.17) is 28.4 Å². The van der Waals surface area contributed by atoms with Crippen LogP contribution in [0.25, 0.3) is 0 Å². The Morgan fingerprint density at radius 2 is 1.28 bits per heavy atom. The van der Waals surface area contributed by atoms with Gasteiger partial charge in [-0.3, -0.25) is 4.79 Å². The fourth-order valence-electron chi connectivity index (χ4n) is 15.1. The van der Waals surface area contributed by atoms with E-state index in [0.29, 0.717) is 19.3 Å². The molecule has 0 spiro atoms. The van der Waals surface area contributed by atoms with E-state index in [1.165, 1.54) is 12.5 Å². The summed E-state index contributed by atoms with van der Waals surface area (Å²) in [5.41, 5.74) is -1.39. The van der Waals surface area contributed by atoms with Crippen LogP contribution in [0.2, 0.25) is 0 Å². The molecule has 11 N–H and O–H groups in total. The molecule has 382 valence electrons. The van der Waals surface area contributed by atoms with Crippen LogP contribution in [0.1, 0.15) is 113 Å². The maximum atomic E-state index is 12.6. The maximum Gasteiger partial charge on any atom is 0.335 e. The van der Waals surface area contributed by atoms with E-state index in [1.807, 2.05) is 0 Å². The van der Waals surface area contributed by atoms with Crippen molar-refractivity contribution in [1.82, 2.24) is 0 Å². The van der Waals surface area contributed by atoms with Crippen molar-refractivity contribution >= 4 is 11.9 Å². The second-order valence-electron chi connectivity index (χ2n) is 23.5. The number of carboxylic acids is 2. The van der Waals surface area contributed by atoms with Gasteiger partial charge < -0.3 is 84.6 Å². The van der Waals surface area contributed by atoms with Gasteiger partial charge >= 0.3 is 11.9 Å². The monoisotopic (exact) mass is 956 g/mol. The van der Waals surface area contributed by atoms with E-state index in [9.17, 15) is 65.8 Å². The number of hydrogen-bond donors (Lipinski definition) is 11. The Labute approximate surface area is 391 Å². The standard InChI is InChI=1S/C48H76O19/c1-20-28(51)30(53)34(57)39(62-20)66-36-31(54)29(52)23(19-49)63-40(36)67-37-33(56)32(55)35(38(58)59)65-41(37)64-27-12-13-46(6)24(43(27,2)3)11-14-48(8)25(46)10-9-21-22-17-44(4,42(60)61)18-26(50)45(22,5)15-16-47(21,48)7/h9,20,22-37,39-41,49-57H,10-19H2,1-8H3,(H,58,59)(H,60,61)/t20-,22-,23-,24-,25+,26-,27-,28-,29-,30+,31+,32+,33+,34-,35+,36-,37-,39+,40+,41-,44-,45+,46-,47+,48+/m0/s1. The van der Waals surface area contributed by atoms with Gasteiger partial charge in [0, 0.05) is 5.41 Å². The average molecular weight is 957 g/mol. The van der Waals surface area contributed by atoms with E-state index < -0.39 is 139 Å². The number of aliphatic hydroxyl groups is 9. The van der Waals surface area contributed by atoms with Crippen molar-refractivity contribution in [1.29, 1.82) is 0 Å². The summed E-state index contributed by atoms with van der Waals surface area (Å²) in [5.74, 6) is -2.23. The van der Waals surface area contributed by atoms with E-state index in [0.717, 1.165) is 32.1 Å². The highest BCUT2D eigenvalue weighted by molar-refractivity contribution is 5.74. The largest absolute Gasteiger partial charge is 0.481 e. The number of rotatable bonds is 9. The number of aliphatic hydroxyl groups excluding tert-OH is 9. The summed E-state index contributed by atoms with van der Waals surface area (Å²) >= 11 is 0. The summed E-state index contributed by atoms with van der Waals surface area (Å²) in [6.07, 6.45) is -18.9. The van der Waals surface area contributed by atoms with Gasteiger partial charge in [-0.05, 0) is 111 Å². The maximum absolute atomic E-state index is 12.6. The summed E-state index contributed by atoms with van der Waals surface area (Å²) < 4.78 is 36.3. The van der Waals surface area contributed by atoms with Crippen LogP contribution in [0, 0.1) is 50.2 Å². The quantitative estimate of drug-likeness (QED) is 0.112. The Bertz CT molecular complexity index is 1900. The molecule has 25 atom stereocenters. The van der Waals surface area contributed by atoms with Crippen LogP contribution >= 0.6 is 0 Å². The molecule has 3 heterocycles. The summed E-state index contributed by atoms with van der Waals surface area (Å²) in [6, 6.07) is 0. The van der Waals surface area contributed by atoms with Crippen LogP contribution in [-0.2, 0) is 38.0 Å². The lowest BCUT2D eigenvalue weighted by Gasteiger charge is -2.71. The van der Waals surface area contributed by atoms with Crippen LogP contribution in [0.4, 0.5) is 0 Å². The molecule has 8 aliphatic rings. The van der Waals surface area contributed by atoms with E-state index in [1.54, 1.807) is 6.92 Å². The highest BCUT2D eigenvalue weighted by Crippen LogP contribution is 2.76. The summed E-state index contributed by atoms with van der Waals surface area (Å²) in [4.78, 5) is 25.1. The molecule has 5 aliphatic carbocycles. The normalized spacial score (nSPS) is 55.2. The third-order valence-corrected chi connectivity index (χ3v) is 19.7. The Kier molecular flexibility index (Phi) is 13.6. The van der Waals surface area contributed by atoms with Gasteiger partial charge in [-0.15, -0.1) is 0 Å². The van der Waals surface area contributed by atoms with Gasteiger partial charge in [0.15, 0.2) is 25.0 Å². The molecule has 3 aliphatic heterocycles. The SMILES string of the molecule is C[C@@H]1O[C@H](O[C@@H]2[C@@H](O[C@@H]3[C@@H](O[C@H]4CC[C@]5(C)[C@H]6CC=C7[C@@H]8C[C@](C)(C(=O)O)C[C@H](O)[C@]8(C)CC[C@@]7(C)[C@]6(C)CC[C@H]5C4(C)C)O[C@@H](C(=O)O)[C@H](O)[C@H]3O)O[C@@H](CO)[C@H](O)[C@H]2O)[C@@H](O)[C@H](O)[C@H]1O. The van der Waals surface area contributed by atoms with Crippen molar-refractivity contribution in [3.8, 4) is 0 Å². The predicted molar refractivity (Wildman–Crippen MR) is 231 cm³/mol. The molecule has 19 heteroatoms. The molecule has 3 saturated heterocycles. The molecule has 0 aromatic rings. The van der Waals surface area contributed by atoms with Gasteiger partial charge in [-0.2, -0.15) is 0 Å². The fraction of sp³-hybridized carbons (Fsp3) is 0.917. The molecule has 0 radical (unpaired) electrons. The van der Waals surface area contributed by atoms with Gasteiger partial charge in [0.05, 0.1) is 30.3 Å². The second-order valence-corrected chi connectivity index (χ2v) is 23.5. The highest BCUT2D eigenvalue weighted by atomic mass is 16.8. The lowest BCUT2D eigenvalue weighted by atomic mass is 9.33. The number of carbonyl (C=O) groups is 2. The number of allylic oxidation sites excluding steroid dienone is 2. The molecule has 0 bridgehead atoms. The Morgan fingerprint density at radius 1 is 0.657 bits per heavy atom. The van der Waals surface area contributed by atoms with E-state index in [-0.39, 0.29) is 40.4 Å². The topological polar surface area (TPSA) is 312 Å². The van der Waals surface area contributed by atoms with Crippen LogP contribution < -0.4 is 0 Å².